The molecule has 0 radical (unpaired) electrons. The van der Waals surface area contributed by atoms with Crippen LogP contribution in [-0.2, 0) is 0 Å². The lowest BCUT2D eigenvalue weighted by atomic mass is 10.1. The third-order valence-corrected chi connectivity index (χ3v) is 4.16. The van der Waals surface area contributed by atoms with Gasteiger partial charge in [0, 0.05) is 22.7 Å². The van der Waals surface area contributed by atoms with Gasteiger partial charge in [0.2, 0.25) is 0 Å². The Bertz CT molecular complexity index is 767. The van der Waals surface area contributed by atoms with Gasteiger partial charge in [-0.25, -0.2) is 0 Å². The molecule has 1 heterocycles. The van der Waals surface area contributed by atoms with Crippen LogP contribution < -0.4 is 0 Å². The first kappa shape index (κ1) is 14.8. The van der Waals surface area contributed by atoms with E-state index in [9.17, 15) is 4.79 Å². The van der Waals surface area contributed by atoms with Gasteiger partial charge in [-0.2, -0.15) is 0 Å². The van der Waals surface area contributed by atoms with E-state index < -0.39 is 0 Å². The molecule has 4 heteroatoms. The number of aryl methyl sites for hydroxylation is 2. The molecule has 0 saturated carbocycles. The van der Waals surface area contributed by atoms with E-state index in [4.69, 9.17) is 11.6 Å². The molecular weight excluding hydrogens is 296 g/mol. The van der Waals surface area contributed by atoms with E-state index in [0.29, 0.717) is 29.5 Å². The van der Waals surface area contributed by atoms with Gasteiger partial charge in [-0.05, 0) is 49.2 Å². The minimum atomic E-state index is -0.0145. The molecule has 0 spiro atoms. The van der Waals surface area contributed by atoms with Crippen molar-refractivity contribution in [1.82, 2.24) is 4.90 Å². The van der Waals surface area contributed by atoms with E-state index >= 15 is 0 Å². The van der Waals surface area contributed by atoms with Crippen molar-refractivity contribution >= 4 is 23.3 Å². The third-order valence-electron chi connectivity index (χ3n) is 3.92. The Balaban J connectivity index is 1.92. The quantitative estimate of drug-likeness (QED) is 0.828. The second kappa shape index (κ2) is 5.93. The van der Waals surface area contributed by atoms with Gasteiger partial charge in [-0.1, -0.05) is 29.8 Å². The summed E-state index contributed by atoms with van der Waals surface area (Å²) in [4.78, 5) is 19.0. The average Bonchev–Trinajstić information content (AvgIpc) is 2.99. The first-order chi connectivity index (χ1) is 10.6. The Morgan fingerprint density at radius 3 is 2.68 bits per heavy atom. The van der Waals surface area contributed by atoms with E-state index in [1.165, 1.54) is 5.56 Å². The number of amides is 1. The summed E-state index contributed by atoms with van der Waals surface area (Å²) in [6.07, 6.45) is 0. The lowest BCUT2D eigenvalue weighted by molar-refractivity contribution is 0.0858. The molecule has 0 aliphatic carbocycles. The van der Waals surface area contributed by atoms with Crippen LogP contribution in [0.25, 0.3) is 0 Å². The fourth-order valence-corrected chi connectivity index (χ4v) is 2.74. The lowest BCUT2D eigenvalue weighted by Crippen LogP contribution is -2.34. The smallest absolute Gasteiger partial charge is 0.259 e. The van der Waals surface area contributed by atoms with Crippen molar-refractivity contribution in [3.8, 4) is 0 Å². The van der Waals surface area contributed by atoms with Gasteiger partial charge in [0.15, 0.2) is 0 Å². The number of rotatable bonds is 2. The van der Waals surface area contributed by atoms with Crippen LogP contribution in [0.1, 0.15) is 27.0 Å². The molecule has 3 rings (SSSR count). The Morgan fingerprint density at radius 2 is 1.95 bits per heavy atom. The molecule has 0 saturated heterocycles. The highest BCUT2D eigenvalue weighted by atomic mass is 35.5. The van der Waals surface area contributed by atoms with Crippen molar-refractivity contribution < 1.29 is 4.79 Å². The minimum Gasteiger partial charge on any atom is -0.291 e. The highest BCUT2D eigenvalue weighted by Crippen LogP contribution is 2.19. The zero-order valence-corrected chi connectivity index (χ0v) is 13.4. The molecule has 0 aromatic heterocycles. The second-order valence-corrected chi connectivity index (χ2v) is 5.91. The number of hydrogen-bond donors (Lipinski definition) is 0. The molecule has 0 fully saturated rings. The van der Waals surface area contributed by atoms with Gasteiger partial charge in [-0.15, -0.1) is 0 Å². The molecule has 2 aromatic carbocycles. The van der Waals surface area contributed by atoms with Crippen LogP contribution in [0.4, 0.5) is 0 Å². The Morgan fingerprint density at radius 1 is 1.14 bits per heavy atom. The third kappa shape index (κ3) is 2.77. The van der Waals surface area contributed by atoms with E-state index in [0.717, 1.165) is 11.1 Å². The van der Waals surface area contributed by atoms with Crippen LogP contribution in [0.3, 0.4) is 0 Å². The zero-order chi connectivity index (χ0) is 15.7. The maximum Gasteiger partial charge on any atom is 0.259 e. The second-order valence-electron chi connectivity index (χ2n) is 5.47. The minimum absolute atomic E-state index is 0.0145. The van der Waals surface area contributed by atoms with Gasteiger partial charge < -0.3 is 0 Å². The number of carbonyl (C=O) groups excluding carboxylic acids is 1. The molecule has 0 unspecified atom stereocenters. The monoisotopic (exact) mass is 312 g/mol. The summed E-state index contributed by atoms with van der Waals surface area (Å²) in [7, 11) is 0. The molecule has 112 valence electrons. The highest BCUT2D eigenvalue weighted by molar-refractivity contribution is 6.31. The molecule has 1 aliphatic rings. The van der Waals surface area contributed by atoms with Crippen molar-refractivity contribution in [1.29, 1.82) is 0 Å². The zero-order valence-electron chi connectivity index (χ0n) is 12.6. The fourth-order valence-electron chi connectivity index (χ4n) is 2.55. The Hall–Kier alpha value is -2.13. The number of amidine groups is 1. The maximum absolute atomic E-state index is 12.8. The number of aliphatic imine (C=N–C) groups is 1. The van der Waals surface area contributed by atoms with Crippen LogP contribution in [0, 0.1) is 13.8 Å². The van der Waals surface area contributed by atoms with Gasteiger partial charge in [-0.3, -0.25) is 14.7 Å². The SMILES string of the molecule is Cc1ccc(C(=O)N2CCN=C2c2cccc(Cl)c2)cc1C. The Kier molecular flexibility index (Phi) is 3.99. The maximum atomic E-state index is 12.8. The summed E-state index contributed by atoms with van der Waals surface area (Å²) in [6, 6.07) is 13.2. The number of nitrogens with zero attached hydrogens (tertiary/aromatic N) is 2. The molecule has 1 aliphatic heterocycles. The van der Waals surface area contributed by atoms with E-state index in [1.807, 2.05) is 56.3 Å². The summed E-state index contributed by atoms with van der Waals surface area (Å²) >= 11 is 6.05. The van der Waals surface area contributed by atoms with Gasteiger partial charge in [0.05, 0.1) is 6.54 Å². The van der Waals surface area contributed by atoms with Gasteiger partial charge in [0.1, 0.15) is 5.84 Å². The molecule has 1 amide bonds. The Labute approximate surface area is 135 Å². The molecule has 0 atom stereocenters. The molecule has 3 nitrogen and oxygen atoms in total. The summed E-state index contributed by atoms with van der Waals surface area (Å²) in [5.41, 5.74) is 3.87. The van der Waals surface area contributed by atoms with Crippen molar-refractivity contribution in [2.75, 3.05) is 13.1 Å². The molecule has 2 aromatic rings. The van der Waals surface area contributed by atoms with Gasteiger partial charge in [0.25, 0.3) is 5.91 Å². The van der Waals surface area contributed by atoms with Crippen LogP contribution >= 0.6 is 11.6 Å². The number of halogens is 1. The first-order valence-electron chi connectivity index (χ1n) is 7.26. The van der Waals surface area contributed by atoms with Crippen LogP contribution in [0.5, 0.6) is 0 Å². The summed E-state index contributed by atoms with van der Waals surface area (Å²) in [5, 5.41) is 0.644. The van der Waals surface area contributed by atoms with Crippen molar-refractivity contribution in [3.63, 3.8) is 0 Å². The normalized spacial score (nSPS) is 14.1. The topological polar surface area (TPSA) is 32.7 Å². The van der Waals surface area contributed by atoms with Crippen LogP contribution in [-0.4, -0.2) is 29.7 Å². The van der Waals surface area contributed by atoms with E-state index in [-0.39, 0.29) is 5.91 Å². The van der Waals surface area contributed by atoms with E-state index in [1.54, 1.807) is 4.90 Å². The first-order valence-corrected chi connectivity index (χ1v) is 7.63. The van der Waals surface area contributed by atoms with Crippen LogP contribution in [0.15, 0.2) is 47.5 Å². The highest BCUT2D eigenvalue weighted by Gasteiger charge is 2.26. The largest absolute Gasteiger partial charge is 0.291 e. The predicted molar refractivity (Wildman–Crippen MR) is 89.8 cm³/mol. The number of hydrogen-bond acceptors (Lipinski definition) is 2. The van der Waals surface area contributed by atoms with E-state index in [2.05, 4.69) is 4.99 Å². The fraction of sp³-hybridized carbons (Fsp3) is 0.222. The van der Waals surface area contributed by atoms with Gasteiger partial charge >= 0.3 is 0 Å². The molecule has 0 N–H and O–H groups in total. The molecular formula is C18H17ClN2O. The average molecular weight is 313 g/mol. The molecule has 0 bridgehead atoms. The lowest BCUT2D eigenvalue weighted by Gasteiger charge is -2.19. The summed E-state index contributed by atoms with van der Waals surface area (Å²) in [6.45, 7) is 5.28. The predicted octanol–water partition coefficient (Wildman–Crippen LogP) is 3.86. The van der Waals surface area contributed by atoms with Crippen molar-refractivity contribution in [2.45, 2.75) is 13.8 Å². The number of carbonyl (C=O) groups is 1. The van der Waals surface area contributed by atoms with Crippen molar-refractivity contribution in [3.05, 3.63) is 69.7 Å². The standard InChI is InChI=1S/C18H17ClN2O/c1-12-6-7-15(10-13(12)2)18(22)21-9-8-20-17(21)14-4-3-5-16(19)11-14/h3-7,10-11H,8-9H2,1-2H3. The summed E-state index contributed by atoms with van der Waals surface area (Å²) < 4.78 is 0. The van der Waals surface area contributed by atoms with Crippen LogP contribution in [0.2, 0.25) is 5.02 Å². The summed E-state index contributed by atoms with van der Waals surface area (Å²) in [5.74, 6) is 0.685. The van der Waals surface area contributed by atoms with Crippen molar-refractivity contribution in [2.24, 2.45) is 4.99 Å². The molecule has 22 heavy (non-hydrogen) atoms. The number of benzene rings is 2.